The van der Waals surface area contributed by atoms with Gasteiger partial charge in [-0.15, -0.1) is 0 Å². The van der Waals surface area contributed by atoms with Crippen molar-refractivity contribution in [3.05, 3.63) is 77.5 Å². The first-order valence-electron chi connectivity index (χ1n) is 14.4. The minimum atomic E-state index is -1.09. The Morgan fingerprint density at radius 2 is 1.81 bits per heavy atom. The van der Waals surface area contributed by atoms with Crippen molar-refractivity contribution in [2.24, 2.45) is 0 Å². The molecule has 6 rings (SSSR count). The molecule has 11 nitrogen and oxygen atoms in total. The van der Waals surface area contributed by atoms with Gasteiger partial charge in [-0.1, -0.05) is 36.4 Å². The monoisotopic (exact) mass is 583 g/mol. The topological polar surface area (TPSA) is 141 Å². The van der Waals surface area contributed by atoms with Crippen molar-refractivity contribution in [3.63, 3.8) is 0 Å². The predicted octanol–water partition coefficient (Wildman–Crippen LogP) is 4.47. The van der Waals surface area contributed by atoms with E-state index in [-0.39, 0.29) is 44.1 Å². The van der Waals surface area contributed by atoms with Crippen LogP contribution in [0.15, 0.2) is 60.7 Å². The minimum absolute atomic E-state index is 0.00651. The van der Waals surface area contributed by atoms with Gasteiger partial charge >= 0.3 is 6.09 Å². The Bertz CT molecular complexity index is 1650. The maximum absolute atomic E-state index is 14.4. The van der Waals surface area contributed by atoms with Crippen LogP contribution in [0.25, 0.3) is 34.4 Å². The number of aliphatic hydroxyl groups is 1. The Morgan fingerprint density at radius 1 is 1.02 bits per heavy atom. The van der Waals surface area contributed by atoms with E-state index in [1.165, 1.54) is 9.80 Å². The number of pyridine rings is 1. The third kappa shape index (κ3) is 5.81. The van der Waals surface area contributed by atoms with Crippen LogP contribution in [0.1, 0.15) is 47.1 Å². The highest BCUT2D eigenvalue weighted by Gasteiger charge is 2.35. The van der Waals surface area contributed by atoms with Crippen molar-refractivity contribution in [3.8, 4) is 17.0 Å². The lowest BCUT2D eigenvalue weighted by Gasteiger charge is -2.39. The minimum Gasteiger partial charge on any atom is -0.508 e. The van der Waals surface area contributed by atoms with E-state index in [1.807, 2.05) is 42.5 Å². The lowest BCUT2D eigenvalue weighted by molar-refractivity contribution is -0.0370. The van der Waals surface area contributed by atoms with Crippen LogP contribution < -0.4 is 0 Å². The Hall–Kier alpha value is -4.74. The van der Waals surface area contributed by atoms with E-state index in [4.69, 9.17) is 14.8 Å². The average Bonchev–Trinajstić information content (AvgIpc) is 3.42. The van der Waals surface area contributed by atoms with E-state index in [9.17, 15) is 24.9 Å². The number of hydrogen-bond donors (Lipinski definition) is 3. The smallest absolute Gasteiger partial charge is 0.407 e. The van der Waals surface area contributed by atoms with Gasteiger partial charge < -0.3 is 29.9 Å². The second kappa shape index (κ2) is 12.2. The zero-order valence-electron chi connectivity index (χ0n) is 23.5. The van der Waals surface area contributed by atoms with Crippen molar-refractivity contribution < 1.29 is 29.6 Å². The molecule has 2 atom stereocenters. The summed E-state index contributed by atoms with van der Waals surface area (Å²) in [5.41, 5.74) is 3.54. The molecule has 4 aromatic rings. The van der Waals surface area contributed by atoms with Crippen LogP contribution in [-0.2, 0) is 4.74 Å². The molecule has 3 N–H and O–H groups in total. The summed E-state index contributed by atoms with van der Waals surface area (Å²) in [5.74, 6) is -0.243. The molecule has 0 radical (unpaired) electrons. The molecular formula is C32H33N5O6. The number of nitrogens with zero attached hydrogens (tertiary/aromatic N) is 5. The molecule has 0 saturated carbocycles. The quantitative estimate of drug-likeness (QED) is 0.302. The first kappa shape index (κ1) is 28.4. The number of rotatable bonds is 6. The van der Waals surface area contributed by atoms with Gasteiger partial charge in [-0.25, -0.2) is 14.5 Å². The molecule has 2 aromatic carbocycles. The SMILES string of the molecule is O=C(O)N1CCN(C(=O)c2cc(-c3ccc(O)cc3)nc3c2c(C=Cc2ccccc2)nn3C2CCCCO2)[C@@H](CO)C1. The number of carboxylic acid groups (broad SMARTS) is 1. The lowest BCUT2D eigenvalue weighted by Crippen LogP contribution is -2.57. The molecule has 4 heterocycles. The highest BCUT2D eigenvalue weighted by Crippen LogP contribution is 2.34. The number of aliphatic hydroxyl groups excluding tert-OH is 1. The molecule has 2 aliphatic rings. The lowest BCUT2D eigenvalue weighted by atomic mass is 10.0. The van der Waals surface area contributed by atoms with Crippen LogP contribution in [0, 0.1) is 0 Å². The molecule has 0 spiro atoms. The Morgan fingerprint density at radius 3 is 2.51 bits per heavy atom. The summed E-state index contributed by atoms with van der Waals surface area (Å²) >= 11 is 0. The van der Waals surface area contributed by atoms with Crippen LogP contribution >= 0.6 is 0 Å². The van der Waals surface area contributed by atoms with Crippen molar-refractivity contribution in [1.82, 2.24) is 24.6 Å². The summed E-state index contributed by atoms with van der Waals surface area (Å²) in [6, 6.07) is 17.4. The van der Waals surface area contributed by atoms with Gasteiger partial charge in [0.25, 0.3) is 5.91 Å². The number of hydrogen-bond acceptors (Lipinski definition) is 7. The number of phenolic OH excluding ortho intramolecular Hbond substituents is 1. The molecule has 2 amide bonds. The summed E-state index contributed by atoms with van der Waals surface area (Å²) in [5, 5.41) is 35.1. The standard InChI is InChI=1S/C32H33N5O6/c38-20-23-19-35(32(41)42)15-16-36(23)31(40)25-18-27(22-10-12-24(39)13-11-22)33-30-29(25)26(14-9-21-6-2-1-3-7-21)34-37(30)28-8-4-5-17-43-28/h1-3,6-7,9-14,18,23,28,38-39H,4-5,8,15-17,19-20H2,(H,41,42)/t23-,28?/m1/s1. The van der Waals surface area contributed by atoms with E-state index < -0.39 is 12.1 Å². The summed E-state index contributed by atoms with van der Waals surface area (Å²) in [4.78, 5) is 33.8. The summed E-state index contributed by atoms with van der Waals surface area (Å²) < 4.78 is 7.86. The Balaban J connectivity index is 1.54. The van der Waals surface area contributed by atoms with Gasteiger partial charge in [-0.2, -0.15) is 5.10 Å². The molecule has 11 heteroatoms. The fourth-order valence-corrected chi connectivity index (χ4v) is 5.69. The van der Waals surface area contributed by atoms with E-state index >= 15 is 0 Å². The van der Waals surface area contributed by atoms with Crippen LogP contribution in [0.5, 0.6) is 5.75 Å². The zero-order chi connectivity index (χ0) is 29.9. The average molecular weight is 584 g/mol. The van der Waals surface area contributed by atoms with Crippen LogP contribution in [0.3, 0.4) is 0 Å². The number of piperazine rings is 1. The van der Waals surface area contributed by atoms with Crippen molar-refractivity contribution in [2.75, 3.05) is 32.8 Å². The normalized spacial score (nSPS) is 19.3. The number of aromatic hydroxyl groups is 1. The molecule has 222 valence electrons. The first-order valence-corrected chi connectivity index (χ1v) is 14.4. The number of carbonyl (C=O) groups excluding carboxylic acids is 1. The van der Waals surface area contributed by atoms with E-state index in [1.54, 1.807) is 35.0 Å². The largest absolute Gasteiger partial charge is 0.508 e. The van der Waals surface area contributed by atoms with E-state index in [0.29, 0.717) is 40.2 Å². The molecule has 2 aromatic heterocycles. The highest BCUT2D eigenvalue weighted by atomic mass is 16.5. The maximum atomic E-state index is 14.4. The number of carbonyl (C=O) groups is 2. The summed E-state index contributed by atoms with van der Waals surface area (Å²) in [6.45, 7) is 0.476. The van der Waals surface area contributed by atoms with E-state index in [0.717, 1.165) is 24.8 Å². The molecule has 2 aliphatic heterocycles. The number of aromatic nitrogens is 3. The fourth-order valence-electron chi connectivity index (χ4n) is 5.69. The van der Waals surface area contributed by atoms with Gasteiger partial charge in [0.05, 0.1) is 35.0 Å². The second-order valence-corrected chi connectivity index (χ2v) is 10.8. The number of fused-ring (bicyclic) bond motifs is 1. The summed E-state index contributed by atoms with van der Waals surface area (Å²) in [7, 11) is 0. The Labute approximate surface area is 248 Å². The van der Waals surface area contributed by atoms with Gasteiger partial charge in [0.2, 0.25) is 0 Å². The highest BCUT2D eigenvalue weighted by molar-refractivity contribution is 6.09. The van der Waals surface area contributed by atoms with E-state index in [2.05, 4.69) is 0 Å². The van der Waals surface area contributed by atoms with Gasteiger partial charge in [0.15, 0.2) is 11.9 Å². The van der Waals surface area contributed by atoms with Gasteiger partial charge in [0.1, 0.15) is 5.75 Å². The van der Waals surface area contributed by atoms with Crippen LogP contribution in [0.4, 0.5) is 4.79 Å². The molecule has 2 saturated heterocycles. The molecular weight excluding hydrogens is 550 g/mol. The van der Waals surface area contributed by atoms with Crippen molar-refractivity contribution >= 4 is 35.2 Å². The number of amides is 2. The third-order valence-electron chi connectivity index (χ3n) is 7.97. The summed E-state index contributed by atoms with van der Waals surface area (Å²) in [6.07, 6.45) is 5.02. The molecule has 0 bridgehead atoms. The van der Waals surface area contributed by atoms with Gasteiger partial charge in [-0.05, 0) is 61.2 Å². The maximum Gasteiger partial charge on any atom is 0.407 e. The van der Waals surface area contributed by atoms with Gasteiger partial charge in [0, 0.05) is 31.8 Å². The molecule has 43 heavy (non-hydrogen) atoms. The molecule has 1 unspecified atom stereocenters. The van der Waals surface area contributed by atoms with Gasteiger partial charge in [-0.3, -0.25) is 4.79 Å². The second-order valence-electron chi connectivity index (χ2n) is 10.8. The molecule has 0 aliphatic carbocycles. The fraction of sp³-hybridized carbons (Fsp3) is 0.312. The molecule has 2 fully saturated rings. The van der Waals surface area contributed by atoms with Crippen molar-refractivity contribution in [1.29, 1.82) is 0 Å². The predicted molar refractivity (Wildman–Crippen MR) is 160 cm³/mol. The number of phenols is 1. The number of ether oxygens (including phenoxy) is 1. The van der Waals surface area contributed by atoms with Crippen LogP contribution in [-0.4, -0.2) is 90.8 Å². The van der Waals surface area contributed by atoms with Crippen molar-refractivity contribution in [2.45, 2.75) is 31.5 Å². The Kier molecular flexibility index (Phi) is 8.08. The zero-order valence-corrected chi connectivity index (χ0v) is 23.5. The third-order valence-corrected chi connectivity index (χ3v) is 7.97. The first-order chi connectivity index (χ1) is 20.9. The van der Waals surface area contributed by atoms with Crippen LogP contribution in [0.2, 0.25) is 0 Å². The number of benzene rings is 2.